The predicted octanol–water partition coefficient (Wildman–Crippen LogP) is 2.13. The first-order chi connectivity index (χ1) is 11.5. The van der Waals surface area contributed by atoms with E-state index in [1.54, 1.807) is 30.3 Å². The molecule has 0 aliphatic carbocycles. The van der Waals surface area contributed by atoms with Crippen LogP contribution in [0.5, 0.6) is 0 Å². The van der Waals surface area contributed by atoms with Crippen LogP contribution in [-0.4, -0.2) is 31.0 Å². The van der Waals surface area contributed by atoms with E-state index in [1.165, 1.54) is 0 Å². The Labute approximate surface area is 151 Å². The summed E-state index contributed by atoms with van der Waals surface area (Å²) in [5.41, 5.74) is 9.11. The molecule has 0 bridgehead atoms. The molecule has 0 aliphatic heterocycles. The number of carbonyl (C=O) groups is 2. The molecule has 2 atom stereocenters. The van der Waals surface area contributed by atoms with Gasteiger partial charge in [-0.1, -0.05) is 64.2 Å². The van der Waals surface area contributed by atoms with Gasteiger partial charge in [0.15, 0.2) is 6.10 Å². The van der Waals surface area contributed by atoms with Crippen LogP contribution in [0.25, 0.3) is 0 Å². The zero-order chi connectivity index (χ0) is 19.3. The Morgan fingerprint density at radius 3 is 2.28 bits per heavy atom. The van der Waals surface area contributed by atoms with Crippen LogP contribution in [0, 0.1) is 11.5 Å². The second-order valence-electron chi connectivity index (χ2n) is 7.66. The summed E-state index contributed by atoms with van der Waals surface area (Å²) >= 11 is 0. The molecule has 5 nitrogen and oxygen atoms in total. The molecule has 0 aromatic heterocycles. The lowest BCUT2D eigenvalue weighted by molar-refractivity contribution is -0.133. The molecule has 0 radical (unpaired) electrons. The summed E-state index contributed by atoms with van der Waals surface area (Å²) in [7, 11) is -1.80. The van der Waals surface area contributed by atoms with Gasteiger partial charge in [0.1, 0.15) is 14.1 Å². The molecule has 0 aliphatic rings. The zero-order valence-electron chi connectivity index (χ0n) is 15.6. The van der Waals surface area contributed by atoms with Crippen LogP contribution in [0.15, 0.2) is 30.3 Å². The molecule has 1 aromatic carbocycles. The Balaban J connectivity index is 2.79. The number of rotatable bonds is 5. The van der Waals surface area contributed by atoms with Gasteiger partial charge in [0, 0.05) is 6.42 Å². The van der Waals surface area contributed by atoms with Crippen LogP contribution in [0.3, 0.4) is 0 Å². The molecule has 0 unspecified atom stereocenters. The molecule has 2 amide bonds. The summed E-state index contributed by atoms with van der Waals surface area (Å²) in [5.74, 6) is 1.68. The van der Waals surface area contributed by atoms with Crippen LogP contribution in [-0.2, 0) is 9.59 Å². The highest BCUT2D eigenvalue weighted by molar-refractivity contribution is 6.87. The summed E-state index contributed by atoms with van der Waals surface area (Å²) in [6.07, 6.45) is -1.22. The molecule has 0 saturated carbocycles. The number of amides is 2. The smallest absolute Gasteiger partial charge is 0.254 e. The average molecular weight is 361 g/mol. The van der Waals surface area contributed by atoms with Crippen molar-refractivity contribution in [2.75, 3.05) is 0 Å². The van der Waals surface area contributed by atoms with E-state index in [9.17, 15) is 14.7 Å². The number of nitrogens with two attached hydrogens (primary N) is 1. The summed E-state index contributed by atoms with van der Waals surface area (Å²) in [6, 6.07) is 7.59. The summed E-state index contributed by atoms with van der Waals surface area (Å²) in [4.78, 5) is 23.8. The van der Waals surface area contributed by atoms with Crippen molar-refractivity contribution in [1.82, 2.24) is 5.32 Å². The Hall–Kier alpha value is -2.10. The van der Waals surface area contributed by atoms with Crippen molar-refractivity contribution in [3.63, 3.8) is 0 Å². The van der Waals surface area contributed by atoms with E-state index < -0.39 is 32.0 Å². The van der Waals surface area contributed by atoms with Gasteiger partial charge in [-0.15, -0.1) is 11.5 Å². The van der Waals surface area contributed by atoms with Gasteiger partial charge in [0.2, 0.25) is 5.91 Å². The summed E-state index contributed by atoms with van der Waals surface area (Å²) in [5, 5.41) is 12.7. The highest BCUT2D eigenvalue weighted by Crippen LogP contribution is 2.35. The van der Waals surface area contributed by atoms with Crippen molar-refractivity contribution in [3.8, 4) is 11.5 Å². The van der Waals surface area contributed by atoms with Crippen LogP contribution in [0.4, 0.5) is 0 Å². The third kappa shape index (κ3) is 6.04. The van der Waals surface area contributed by atoms with Gasteiger partial charge in [0.05, 0.1) is 0 Å². The summed E-state index contributed by atoms with van der Waals surface area (Å²) < 4.78 is 0. The third-order valence-electron chi connectivity index (χ3n) is 4.61. The zero-order valence-corrected chi connectivity index (χ0v) is 16.6. The molecule has 1 rings (SSSR count). The lowest BCUT2D eigenvalue weighted by Crippen LogP contribution is -2.46. The minimum atomic E-state index is -1.80. The SMILES string of the molecule is CC(C)(C)[Si](C)(C)C#CC[C@@H](NC(=O)[C@@H](O)c1ccccc1)C(N)=O. The molecule has 6 heteroatoms. The molecule has 136 valence electrons. The number of nitrogens with one attached hydrogen (secondary N) is 1. The Kier molecular flexibility index (Phi) is 6.97. The number of aliphatic hydroxyl groups excluding tert-OH is 1. The van der Waals surface area contributed by atoms with Crippen molar-refractivity contribution in [2.45, 2.75) is 57.5 Å². The molecule has 4 N–H and O–H groups in total. The number of primary amides is 1. The minimum absolute atomic E-state index is 0.106. The van der Waals surface area contributed by atoms with E-state index in [4.69, 9.17) is 5.73 Å². The number of aliphatic hydroxyl groups is 1. The van der Waals surface area contributed by atoms with Crippen molar-refractivity contribution in [2.24, 2.45) is 5.73 Å². The van der Waals surface area contributed by atoms with Crippen LogP contribution in [0.2, 0.25) is 18.1 Å². The second-order valence-corrected chi connectivity index (χ2v) is 12.7. The van der Waals surface area contributed by atoms with Gasteiger partial charge in [-0.05, 0) is 10.6 Å². The lowest BCUT2D eigenvalue weighted by atomic mass is 10.1. The molecule has 0 spiro atoms. The first-order valence-electron chi connectivity index (χ1n) is 8.28. The van der Waals surface area contributed by atoms with E-state index in [2.05, 4.69) is 50.6 Å². The van der Waals surface area contributed by atoms with E-state index in [-0.39, 0.29) is 11.5 Å². The van der Waals surface area contributed by atoms with E-state index in [0.29, 0.717) is 5.56 Å². The molecular weight excluding hydrogens is 332 g/mol. The van der Waals surface area contributed by atoms with Crippen molar-refractivity contribution >= 4 is 19.9 Å². The molecular formula is C19H28N2O3Si. The fourth-order valence-electron chi connectivity index (χ4n) is 1.82. The molecule has 1 aromatic rings. The highest BCUT2D eigenvalue weighted by atomic mass is 28.3. The number of hydrogen-bond donors (Lipinski definition) is 3. The van der Waals surface area contributed by atoms with Gasteiger partial charge in [-0.25, -0.2) is 0 Å². The highest BCUT2D eigenvalue weighted by Gasteiger charge is 2.33. The quantitative estimate of drug-likeness (QED) is 0.555. The average Bonchev–Trinajstić information content (AvgIpc) is 2.52. The Bertz CT molecular complexity index is 669. The Morgan fingerprint density at radius 1 is 1.24 bits per heavy atom. The number of carbonyl (C=O) groups excluding carboxylic acids is 2. The van der Waals surface area contributed by atoms with E-state index in [1.807, 2.05) is 0 Å². The predicted molar refractivity (Wildman–Crippen MR) is 102 cm³/mol. The van der Waals surface area contributed by atoms with Gasteiger partial charge in [-0.3, -0.25) is 9.59 Å². The van der Waals surface area contributed by atoms with Crippen molar-refractivity contribution in [3.05, 3.63) is 35.9 Å². The summed E-state index contributed by atoms with van der Waals surface area (Å²) in [6.45, 7) is 10.8. The van der Waals surface area contributed by atoms with Crippen LogP contribution < -0.4 is 11.1 Å². The first-order valence-corrected chi connectivity index (χ1v) is 11.3. The van der Waals surface area contributed by atoms with Gasteiger partial charge in [-0.2, -0.15) is 0 Å². The van der Waals surface area contributed by atoms with Crippen molar-refractivity contribution in [1.29, 1.82) is 0 Å². The van der Waals surface area contributed by atoms with Crippen LogP contribution >= 0.6 is 0 Å². The van der Waals surface area contributed by atoms with Gasteiger partial charge < -0.3 is 16.2 Å². The number of benzene rings is 1. The maximum absolute atomic E-state index is 12.2. The van der Waals surface area contributed by atoms with Gasteiger partial charge >= 0.3 is 0 Å². The first kappa shape index (κ1) is 20.9. The lowest BCUT2D eigenvalue weighted by Gasteiger charge is -2.31. The van der Waals surface area contributed by atoms with E-state index >= 15 is 0 Å². The van der Waals surface area contributed by atoms with Crippen molar-refractivity contribution < 1.29 is 14.7 Å². The Morgan fingerprint density at radius 2 is 1.80 bits per heavy atom. The molecule has 0 fully saturated rings. The van der Waals surface area contributed by atoms with E-state index in [0.717, 1.165) is 0 Å². The largest absolute Gasteiger partial charge is 0.378 e. The maximum Gasteiger partial charge on any atom is 0.254 e. The third-order valence-corrected chi connectivity index (χ3v) is 9.16. The fourth-order valence-corrected chi connectivity index (χ4v) is 2.74. The fraction of sp³-hybridized carbons (Fsp3) is 0.474. The van der Waals surface area contributed by atoms with Crippen LogP contribution in [0.1, 0.15) is 38.9 Å². The molecule has 25 heavy (non-hydrogen) atoms. The second kappa shape index (κ2) is 8.32. The maximum atomic E-state index is 12.2. The monoisotopic (exact) mass is 360 g/mol. The minimum Gasteiger partial charge on any atom is -0.378 e. The standard InChI is InChI=1S/C19H28N2O3Si/c1-19(2,3)25(4,5)13-9-12-15(17(20)23)21-18(24)16(22)14-10-7-6-8-11-14/h6-8,10-11,15-16,22H,12H2,1-5H3,(H2,20,23)(H,21,24)/t15-,16+/m1/s1. The number of hydrogen-bond acceptors (Lipinski definition) is 3. The molecule has 0 saturated heterocycles. The molecule has 0 heterocycles. The normalized spacial score (nSPS) is 14.0. The van der Waals surface area contributed by atoms with Gasteiger partial charge in [0.25, 0.3) is 5.91 Å². The topological polar surface area (TPSA) is 92.4 Å².